The Morgan fingerprint density at radius 2 is 2.30 bits per heavy atom. The van der Waals surface area contributed by atoms with Crippen LogP contribution < -0.4 is 5.32 Å². The average Bonchev–Trinajstić information content (AvgIpc) is 2.40. The lowest BCUT2D eigenvalue weighted by molar-refractivity contribution is 0.0943. The van der Waals surface area contributed by atoms with Crippen molar-refractivity contribution in [2.45, 2.75) is 19.4 Å². The summed E-state index contributed by atoms with van der Waals surface area (Å²) in [6, 6.07) is 3.93. The first-order chi connectivity index (χ1) is 9.58. The van der Waals surface area contributed by atoms with Crippen molar-refractivity contribution in [1.29, 1.82) is 0 Å². The molecule has 0 fully saturated rings. The predicted octanol–water partition coefficient (Wildman–Crippen LogP) is 2.04. The number of carbonyl (C=O) groups is 1. The van der Waals surface area contributed by atoms with Crippen LogP contribution in [0.1, 0.15) is 29.3 Å². The average molecular weight is 295 g/mol. The van der Waals surface area contributed by atoms with E-state index < -0.39 is 5.82 Å². The van der Waals surface area contributed by atoms with Gasteiger partial charge in [0.15, 0.2) is 0 Å². The Morgan fingerprint density at radius 3 is 2.95 bits per heavy atom. The van der Waals surface area contributed by atoms with Gasteiger partial charge in [0.2, 0.25) is 0 Å². The number of rotatable bonds is 5. The largest absolute Gasteiger partial charge is 0.395 e. The molecular formula is C15H18FNO2S. The maximum Gasteiger partial charge on any atom is 0.252 e. The predicted molar refractivity (Wildman–Crippen MR) is 80.3 cm³/mol. The van der Waals surface area contributed by atoms with Gasteiger partial charge in [-0.3, -0.25) is 4.79 Å². The first-order valence-electron chi connectivity index (χ1n) is 6.27. The fourth-order valence-electron chi connectivity index (χ4n) is 1.62. The van der Waals surface area contributed by atoms with Gasteiger partial charge in [-0.15, -0.1) is 0 Å². The van der Waals surface area contributed by atoms with Crippen molar-refractivity contribution in [3.63, 3.8) is 0 Å². The smallest absolute Gasteiger partial charge is 0.252 e. The molecule has 3 nitrogen and oxygen atoms in total. The van der Waals surface area contributed by atoms with Crippen LogP contribution in [0.5, 0.6) is 0 Å². The molecule has 0 bridgehead atoms. The Balaban J connectivity index is 2.94. The molecule has 5 heteroatoms. The molecule has 0 saturated carbocycles. The van der Waals surface area contributed by atoms with Crippen molar-refractivity contribution in [2.24, 2.45) is 0 Å². The molecule has 0 saturated heterocycles. The minimum atomic E-state index is -0.472. The maximum atomic E-state index is 13.3. The summed E-state index contributed by atoms with van der Waals surface area (Å²) in [5.41, 5.74) is 0.692. The van der Waals surface area contributed by atoms with Gasteiger partial charge in [0.05, 0.1) is 12.2 Å². The second-order valence-corrected chi connectivity index (χ2v) is 5.21. The lowest BCUT2D eigenvalue weighted by Crippen LogP contribution is -2.34. The fourth-order valence-corrected chi connectivity index (χ4v) is 2.20. The SMILES string of the molecule is CSCC(C)NC(=O)c1cc(F)ccc1C#CCCO. The van der Waals surface area contributed by atoms with Crippen LogP contribution in [0.4, 0.5) is 4.39 Å². The Hall–Kier alpha value is -1.51. The molecule has 1 unspecified atom stereocenters. The number of hydrogen-bond donors (Lipinski definition) is 2. The molecule has 2 N–H and O–H groups in total. The van der Waals surface area contributed by atoms with Crippen LogP contribution in [0, 0.1) is 17.7 Å². The van der Waals surface area contributed by atoms with Gasteiger partial charge in [0, 0.05) is 23.8 Å². The van der Waals surface area contributed by atoms with Gasteiger partial charge in [0.25, 0.3) is 5.91 Å². The first-order valence-corrected chi connectivity index (χ1v) is 7.67. The number of halogens is 1. The standard InChI is InChI=1S/C15H18FNO2S/c1-11(10-20-2)17-15(19)14-9-13(16)7-6-12(14)5-3-4-8-18/h6-7,9,11,18H,4,8,10H2,1-2H3,(H,17,19). The highest BCUT2D eigenvalue weighted by molar-refractivity contribution is 7.98. The lowest BCUT2D eigenvalue weighted by atomic mass is 10.1. The monoisotopic (exact) mass is 295 g/mol. The van der Waals surface area contributed by atoms with Crippen LogP contribution in [0.15, 0.2) is 18.2 Å². The number of aliphatic hydroxyl groups excluding tert-OH is 1. The number of benzene rings is 1. The van der Waals surface area contributed by atoms with E-state index in [2.05, 4.69) is 17.2 Å². The molecule has 0 aliphatic heterocycles. The Bertz CT molecular complexity index is 522. The highest BCUT2D eigenvalue weighted by atomic mass is 32.2. The van der Waals surface area contributed by atoms with E-state index in [0.717, 1.165) is 5.75 Å². The van der Waals surface area contributed by atoms with E-state index in [-0.39, 0.29) is 24.1 Å². The molecule has 0 aromatic heterocycles. The van der Waals surface area contributed by atoms with E-state index in [1.54, 1.807) is 11.8 Å². The van der Waals surface area contributed by atoms with Crippen molar-refractivity contribution in [1.82, 2.24) is 5.32 Å². The Labute approximate surface area is 123 Å². The third kappa shape index (κ3) is 5.24. The van der Waals surface area contributed by atoms with E-state index in [4.69, 9.17) is 5.11 Å². The molecule has 1 amide bonds. The number of hydrogen-bond acceptors (Lipinski definition) is 3. The minimum Gasteiger partial charge on any atom is -0.395 e. The van der Waals surface area contributed by atoms with Gasteiger partial charge < -0.3 is 10.4 Å². The quantitative estimate of drug-likeness (QED) is 0.817. The molecule has 1 rings (SSSR count). The summed E-state index contributed by atoms with van der Waals surface area (Å²) < 4.78 is 13.3. The van der Waals surface area contributed by atoms with Gasteiger partial charge in [-0.05, 0) is 31.4 Å². The van der Waals surface area contributed by atoms with Gasteiger partial charge in [0.1, 0.15) is 5.82 Å². The van der Waals surface area contributed by atoms with Gasteiger partial charge in [-0.1, -0.05) is 11.8 Å². The van der Waals surface area contributed by atoms with Crippen LogP contribution in [-0.2, 0) is 0 Å². The molecule has 1 aromatic carbocycles. The molecule has 20 heavy (non-hydrogen) atoms. The summed E-state index contributed by atoms with van der Waals surface area (Å²) in [6.07, 6.45) is 2.28. The molecular weight excluding hydrogens is 277 g/mol. The molecule has 108 valence electrons. The summed E-state index contributed by atoms with van der Waals surface area (Å²) >= 11 is 1.63. The number of amides is 1. The number of aliphatic hydroxyl groups is 1. The molecule has 0 aliphatic carbocycles. The van der Waals surface area contributed by atoms with Crippen molar-refractivity contribution in [3.8, 4) is 11.8 Å². The van der Waals surface area contributed by atoms with E-state index in [9.17, 15) is 9.18 Å². The second-order valence-electron chi connectivity index (χ2n) is 4.30. The van der Waals surface area contributed by atoms with Crippen molar-refractivity contribution < 1.29 is 14.3 Å². The number of thioether (sulfide) groups is 1. The van der Waals surface area contributed by atoms with Crippen LogP contribution in [0.25, 0.3) is 0 Å². The van der Waals surface area contributed by atoms with Gasteiger partial charge in [-0.2, -0.15) is 11.8 Å². The van der Waals surface area contributed by atoms with Crippen molar-refractivity contribution in [2.75, 3.05) is 18.6 Å². The molecule has 1 atom stereocenters. The topological polar surface area (TPSA) is 49.3 Å². The number of nitrogens with one attached hydrogen (secondary N) is 1. The lowest BCUT2D eigenvalue weighted by Gasteiger charge is -2.13. The summed E-state index contributed by atoms with van der Waals surface area (Å²) in [6.45, 7) is 1.85. The fraction of sp³-hybridized carbons (Fsp3) is 0.400. The van der Waals surface area contributed by atoms with Crippen LogP contribution in [0.3, 0.4) is 0 Å². The van der Waals surface area contributed by atoms with E-state index in [1.807, 2.05) is 13.2 Å². The van der Waals surface area contributed by atoms with Crippen LogP contribution >= 0.6 is 11.8 Å². The van der Waals surface area contributed by atoms with Crippen LogP contribution in [0.2, 0.25) is 0 Å². The van der Waals surface area contributed by atoms with Crippen molar-refractivity contribution >= 4 is 17.7 Å². The number of carbonyl (C=O) groups excluding carboxylic acids is 1. The van der Waals surface area contributed by atoms with Gasteiger partial charge >= 0.3 is 0 Å². The van der Waals surface area contributed by atoms with Crippen molar-refractivity contribution in [3.05, 3.63) is 35.1 Å². The van der Waals surface area contributed by atoms with Gasteiger partial charge in [-0.25, -0.2) is 4.39 Å². The Kier molecular flexibility index (Phi) is 7.13. The first kappa shape index (κ1) is 16.5. The van der Waals surface area contributed by atoms with E-state index in [0.29, 0.717) is 12.0 Å². The zero-order valence-corrected chi connectivity index (χ0v) is 12.4. The Morgan fingerprint density at radius 1 is 1.55 bits per heavy atom. The normalized spacial score (nSPS) is 11.4. The molecule has 0 radical (unpaired) electrons. The highest BCUT2D eigenvalue weighted by Gasteiger charge is 2.13. The summed E-state index contributed by atoms with van der Waals surface area (Å²) in [4.78, 5) is 12.1. The summed E-state index contributed by atoms with van der Waals surface area (Å²) in [5.74, 6) is 5.50. The third-order valence-corrected chi connectivity index (χ3v) is 3.31. The minimum absolute atomic E-state index is 0.000909. The summed E-state index contributed by atoms with van der Waals surface area (Å²) in [5, 5.41) is 11.5. The zero-order chi connectivity index (χ0) is 15.0. The molecule has 0 heterocycles. The highest BCUT2D eigenvalue weighted by Crippen LogP contribution is 2.11. The summed E-state index contributed by atoms with van der Waals surface area (Å²) in [7, 11) is 0. The van der Waals surface area contributed by atoms with E-state index >= 15 is 0 Å². The third-order valence-electron chi connectivity index (χ3n) is 2.48. The molecule has 1 aromatic rings. The molecule has 0 spiro atoms. The van der Waals surface area contributed by atoms with E-state index in [1.165, 1.54) is 18.2 Å². The van der Waals surface area contributed by atoms with Crippen LogP contribution in [-0.4, -0.2) is 35.7 Å². The molecule has 0 aliphatic rings. The zero-order valence-electron chi connectivity index (χ0n) is 11.6. The second kappa shape index (κ2) is 8.62. The maximum absolute atomic E-state index is 13.3.